The first-order valence-electron chi connectivity index (χ1n) is 5.76. The van der Waals surface area contributed by atoms with E-state index in [4.69, 9.17) is 16.9 Å². The van der Waals surface area contributed by atoms with Gasteiger partial charge in [-0.25, -0.2) is 8.42 Å². The third-order valence-electron chi connectivity index (χ3n) is 2.67. The normalized spacial score (nSPS) is 12.5. The van der Waals surface area contributed by atoms with Crippen molar-refractivity contribution in [2.24, 2.45) is 5.92 Å². The van der Waals surface area contributed by atoms with E-state index in [1.165, 1.54) is 32.2 Å². The lowest BCUT2D eigenvalue weighted by atomic mass is 10.2. The van der Waals surface area contributed by atoms with Gasteiger partial charge in [0.15, 0.2) is 9.84 Å². The highest BCUT2D eigenvalue weighted by atomic mass is 35.5. The lowest BCUT2D eigenvalue weighted by Crippen LogP contribution is -2.23. The fourth-order valence-electron chi connectivity index (χ4n) is 1.68. The molecule has 0 aliphatic carbocycles. The molecule has 1 aromatic carbocycles. The third-order valence-corrected chi connectivity index (χ3v) is 4.78. The number of rotatable bonds is 5. The van der Waals surface area contributed by atoms with Crippen LogP contribution >= 0.6 is 11.6 Å². The molecule has 0 amide bonds. The Morgan fingerprint density at radius 1 is 1.50 bits per heavy atom. The highest BCUT2D eigenvalue weighted by Gasteiger charge is 2.23. The Balaban J connectivity index is 2.87. The fraction of sp³-hybridized carbons (Fsp3) is 0.385. The minimum Gasteiger partial charge on any atom is -0.469 e. The van der Waals surface area contributed by atoms with Gasteiger partial charge in [0.05, 0.1) is 36.2 Å². The van der Waals surface area contributed by atoms with E-state index in [2.05, 4.69) is 4.74 Å². The lowest BCUT2D eigenvalue weighted by Gasteiger charge is -2.10. The number of hydrogen-bond acceptors (Lipinski definition) is 5. The zero-order chi connectivity index (χ0) is 15.3. The molecule has 1 rings (SSSR count). The molecule has 0 heterocycles. The molecule has 1 atom stereocenters. The molecule has 0 radical (unpaired) electrons. The number of hydrogen-bond donors (Lipinski definition) is 0. The van der Waals surface area contributed by atoms with E-state index in [-0.39, 0.29) is 16.5 Å². The van der Waals surface area contributed by atoms with E-state index in [1.807, 2.05) is 6.07 Å². The minimum absolute atomic E-state index is 0.221. The molecule has 0 saturated carbocycles. The number of carbonyl (C=O) groups excluding carboxylic acids is 1. The lowest BCUT2D eigenvalue weighted by molar-refractivity contribution is -0.144. The van der Waals surface area contributed by atoms with Crippen LogP contribution in [-0.2, 0) is 25.1 Å². The minimum atomic E-state index is -3.50. The van der Waals surface area contributed by atoms with Crippen LogP contribution in [0.15, 0.2) is 18.2 Å². The molecule has 7 heteroatoms. The number of nitrogens with zero attached hydrogens (tertiary/aromatic N) is 1. The summed E-state index contributed by atoms with van der Waals surface area (Å²) in [5, 5.41) is 8.94. The summed E-state index contributed by atoms with van der Waals surface area (Å²) < 4.78 is 28.5. The van der Waals surface area contributed by atoms with Crippen LogP contribution in [0, 0.1) is 17.2 Å². The number of carbonyl (C=O) groups is 1. The van der Waals surface area contributed by atoms with Crippen LogP contribution < -0.4 is 0 Å². The second-order valence-electron chi connectivity index (χ2n) is 4.40. The molecule has 0 N–H and O–H groups in total. The molecule has 0 aliphatic rings. The molecule has 0 aliphatic heterocycles. The van der Waals surface area contributed by atoms with Gasteiger partial charge in [0.25, 0.3) is 0 Å². The standard InChI is InChI=1S/C13H14ClNO4S/c1-9(13(16)19-2)7-20(17,18)8-11-4-3-10(6-15)5-12(11)14/h3-5,9H,7-8H2,1-2H3. The van der Waals surface area contributed by atoms with Crippen LogP contribution in [0.2, 0.25) is 5.02 Å². The van der Waals surface area contributed by atoms with Crippen molar-refractivity contribution in [3.8, 4) is 6.07 Å². The quantitative estimate of drug-likeness (QED) is 0.775. The van der Waals surface area contributed by atoms with Crippen molar-refractivity contribution in [2.45, 2.75) is 12.7 Å². The van der Waals surface area contributed by atoms with Gasteiger partial charge in [-0.3, -0.25) is 4.79 Å². The number of methoxy groups -OCH3 is 1. The van der Waals surface area contributed by atoms with Crippen LogP contribution in [0.4, 0.5) is 0 Å². The van der Waals surface area contributed by atoms with Gasteiger partial charge < -0.3 is 4.74 Å². The maximum Gasteiger partial charge on any atom is 0.309 e. The van der Waals surface area contributed by atoms with Gasteiger partial charge in [-0.15, -0.1) is 0 Å². The number of sulfone groups is 1. The Kier molecular flexibility index (Phi) is 5.54. The summed E-state index contributed by atoms with van der Waals surface area (Å²) in [7, 11) is -2.29. The Morgan fingerprint density at radius 3 is 2.65 bits per heavy atom. The van der Waals surface area contributed by atoms with Crippen molar-refractivity contribution in [2.75, 3.05) is 12.9 Å². The Bertz CT molecular complexity index is 649. The SMILES string of the molecule is COC(=O)C(C)CS(=O)(=O)Cc1ccc(C#N)cc1Cl. The number of nitriles is 1. The molecular weight excluding hydrogens is 302 g/mol. The summed E-state index contributed by atoms with van der Waals surface area (Å²) in [6.07, 6.45) is 0. The summed E-state index contributed by atoms with van der Waals surface area (Å²) in [5.41, 5.74) is 0.766. The molecular formula is C13H14ClNO4S. The molecule has 1 aromatic rings. The van der Waals surface area contributed by atoms with Gasteiger partial charge >= 0.3 is 5.97 Å². The summed E-state index contributed by atoms with van der Waals surface area (Å²) in [6, 6.07) is 6.33. The van der Waals surface area contributed by atoms with E-state index in [0.717, 1.165) is 0 Å². The Hall–Kier alpha value is -1.58. The maximum atomic E-state index is 12.0. The van der Waals surface area contributed by atoms with E-state index in [0.29, 0.717) is 11.1 Å². The predicted molar refractivity (Wildman–Crippen MR) is 74.8 cm³/mol. The Labute approximate surface area is 123 Å². The van der Waals surface area contributed by atoms with Gasteiger partial charge in [-0.1, -0.05) is 24.6 Å². The molecule has 5 nitrogen and oxygen atoms in total. The van der Waals surface area contributed by atoms with Crippen LogP contribution in [0.5, 0.6) is 0 Å². The molecule has 0 bridgehead atoms. The molecule has 20 heavy (non-hydrogen) atoms. The number of halogens is 1. The van der Waals surface area contributed by atoms with Gasteiger partial charge in [-0.2, -0.15) is 5.26 Å². The molecule has 0 spiro atoms. The summed E-state index contributed by atoms with van der Waals surface area (Å²) in [6.45, 7) is 1.49. The van der Waals surface area contributed by atoms with Crippen molar-refractivity contribution in [3.05, 3.63) is 34.3 Å². The molecule has 0 saturated heterocycles. The number of benzene rings is 1. The largest absolute Gasteiger partial charge is 0.469 e. The summed E-state index contributed by atoms with van der Waals surface area (Å²) in [4.78, 5) is 11.2. The van der Waals surface area contributed by atoms with Crippen molar-refractivity contribution in [3.63, 3.8) is 0 Å². The highest BCUT2D eigenvalue weighted by Crippen LogP contribution is 2.21. The molecule has 0 fully saturated rings. The average Bonchev–Trinajstić information content (AvgIpc) is 2.39. The summed E-state index contributed by atoms with van der Waals surface area (Å²) >= 11 is 5.93. The van der Waals surface area contributed by atoms with E-state index in [1.54, 1.807) is 0 Å². The fourth-order valence-corrected chi connectivity index (χ4v) is 3.75. The van der Waals surface area contributed by atoms with Crippen LogP contribution in [0.25, 0.3) is 0 Å². The highest BCUT2D eigenvalue weighted by molar-refractivity contribution is 7.90. The van der Waals surface area contributed by atoms with Crippen molar-refractivity contribution in [1.82, 2.24) is 0 Å². The zero-order valence-corrected chi connectivity index (χ0v) is 12.7. The van der Waals surface area contributed by atoms with Crippen LogP contribution in [0.1, 0.15) is 18.1 Å². The zero-order valence-electron chi connectivity index (χ0n) is 11.1. The van der Waals surface area contributed by atoms with Crippen molar-refractivity contribution < 1.29 is 17.9 Å². The first-order valence-corrected chi connectivity index (χ1v) is 7.95. The van der Waals surface area contributed by atoms with Gasteiger partial charge in [0.2, 0.25) is 0 Å². The summed E-state index contributed by atoms with van der Waals surface area (Å²) in [5.74, 6) is -1.89. The predicted octanol–water partition coefficient (Wildman–Crippen LogP) is 1.94. The van der Waals surface area contributed by atoms with Gasteiger partial charge in [-0.05, 0) is 17.7 Å². The average molecular weight is 316 g/mol. The van der Waals surface area contributed by atoms with Crippen LogP contribution in [-0.4, -0.2) is 27.2 Å². The number of esters is 1. The first-order chi connectivity index (χ1) is 9.29. The monoisotopic (exact) mass is 315 g/mol. The topological polar surface area (TPSA) is 84.2 Å². The van der Waals surface area contributed by atoms with E-state index in [9.17, 15) is 13.2 Å². The third kappa shape index (κ3) is 4.51. The molecule has 1 unspecified atom stereocenters. The van der Waals surface area contributed by atoms with E-state index < -0.39 is 21.7 Å². The second kappa shape index (κ2) is 6.73. The van der Waals surface area contributed by atoms with Crippen molar-refractivity contribution >= 4 is 27.4 Å². The molecule has 108 valence electrons. The second-order valence-corrected chi connectivity index (χ2v) is 6.91. The van der Waals surface area contributed by atoms with E-state index >= 15 is 0 Å². The van der Waals surface area contributed by atoms with Crippen LogP contribution in [0.3, 0.4) is 0 Å². The van der Waals surface area contributed by atoms with Crippen molar-refractivity contribution in [1.29, 1.82) is 5.26 Å². The maximum absolute atomic E-state index is 12.0. The number of ether oxygens (including phenoxy) is 1. The Morgan fingerprint density at radius 2 is 2.15 bits per heavy atom. The van der Waals surface area contributed by atoms with Gasteiger partial charge in [0.1, 0.15) is 0 Å². The van der Waals surface area contributed by atoms with Gasteiger partial charge in [0, 0.05) is 5.02 Å². The molecule has 0 aromatic heterocycles. The smallest absolute Gasteiger partial charge is 0.309 e. The first kappa shape index (κ1) is 16.5.